The number of halogens is 3. The van der Waals surface area contributed by atoms with Crippen LogP contribution < -0.4 is 4.74 Å². The minimum Gasteiger partial charge on any atom is -0.504 e. The molecule has 0 heterocycles. The molecule has 0 radical (unpaired) electrons. The van der Waals surface area contributed by atoms with Crippen molar-refractivity contribution in [2.24, 2.45) is 0 Å². The van der Waals surface area contributed by atoms with Gasteiger partial charge in [-0.2, -0.15) is 0 Å². The van der Waals surface area contributed by atoms with E-state index in [1.807, 2.05) is 0 Å². The highest BCUT2D eigenvalue weighted by Gasteiger charge is 2.33. The van der Waals surface area contributed by atoms with E-state index in [2.05, 4.69) is 11.3 Å². The van der Waals surface area contributed by atoms with Gasteiger partial charge in [0.05, 0.1) is 0 Å². The van der Waals surface area contributed by atoms with Gasteiger partial charge < -0.3 is 9.84 Å². The van der Waals surface area contributed by atoms with Gasteiger partial charge in [0.25, 0.3) is 0 Å². The molecule has 0 aromatic heterocycles. The van der Waals surface area contributed by atoms with E-state index in [0.29, 0.717) is 0 Å². The summed E-state index contributed by atoms with van der Waals surface area (Å²) in [6, 6.07) is 3.86. The number of benzene rings is 1. The maximum atomic E-state index is 11.9. The molecule has 0 spiro atoms. The first-order valence-electron chi connectivity index (χ1n) is 3.64. The number of hydrogen-bond acceptors (Lipinski definition) is 2. The largest absolute Gasteiger partial charge is 0.573 e. The van der Waals surface area contributed by atoms with Gasteiger partial charge in [0.15, 0.2) is 11.5 Å². The normalized spacial score (nSPS) is 11.1. The van der Waals surface area contributed by atoms with Gasteiger partial charge in [0.2, 0.25) is 0 Å². The minimum atomic E-state index is -4.82. The fourth-order valence-corrected chi connectivity index (χ4v) is 0.930. The Morgan fingerprint density at radius 2 is 2.00 bits per heavy atom. The van der Waals surface area contributed by atoms with E-state index >= 15 is 0 Å². The standard InChI is InChI=1S/C9H7F3O2/c1-2-6-4-3-5-7(13)8(6)14-9(10,11)12/h2-5,13H,1H2. The number of phenols is 1. The molecule has 0 bridgehead atoms. The Hall–Kier alpha value is -1.65. The molecular weight excluding hydrogens is 197 g/mol. The van der Waals surface area contributed by atoms with Crippen LogP contribution in [-0.4, -0.2) is 11.5 Å². The van der Waals surface area contributed by atoms with Crippen molar-refractivity contribution in [3.63, 3.8) is 0 Å². The molecule has 76 valence electrons. The topological polar surface area (TPSA) is 29.5 Å². The molecule has 1 aromatic rings. The number of ether oxygens (including phenoxy) is 1. The van der Waals surface area contributed by atoms with Gasteiger partial charge in [-0.05, 0) is 6.07 Å². The van der Waals surface area contributed by atoms with Gasteiger partial charge in [-0.3, -0.25) is 0 Å². The Morgan fingerprint density at radius 1 is 1.36 bits per heavy atom. The first-order valence-corrected chi connectivity index (χ1v) is 3.64. The lowest BCUT2D eigenvalue weighted by Gasteiger charge is -2.12. The summed E-state index contributed by atoms with van der Waals surface area (Å²) in [7, 11) is 0. The lowest BCUT2D eigenvalue weighted by Crippen LogP contribution is -2.17. The summed E-state index contributed by atoms with van der Waals surface area (Å²) < 4.78 is 39.2. The van der Waals surface area contributed by atoms with E-state index in [1.54, 1.807) is 0 Å². The molecule has 0 atom stereocenters. The van der Waals surface area contributed by atoms with Crippen LogP contribution in [0.4, 0.5) is 13.2 Å². The fourth-order valence-electron chi connectivity index (χ4n) is 0.930. The maximum absolute atomic E-state index is 11.9. The Kier molecular flexibility index (Phi) is 2.69. The Morgan fingerprint density at radius 3 is 2.50 bits per heavy atom. The molecule has 0 saturated heterocycles. The van der Waals surface area contributed by atoms with Crippen LogP contribution in [0.1, 0.15) is 5.56 Å². The molecule has 0 aliphatic rings. The highest BCUT2D eigenvalue weighted by molar-refractivity contribution is 5.60. The van der Waals surface area contributed by atoms with Crippen LogP contribution in [0, 0.1) is 0 Å². The van der Waals surface area contributed by atoms with Crippen molar-refractivity contribution < 1.29 is 23.0 Å². The zero-order valence-corrected chi connectivity index (χ0v) is 7.01. The second-order valence-corrected chi connectivity index (χ2v) is 2.45. The van der Waals surface area contributed by atoms with Crippen LogP contribution in [0.5, 0.6) is 11.5 Å². The van der Waals surface area contributed by atoms with Gasteiger partial charge in [-0.15, -0.1) is 13.2 Å². The Bertz CT molecular complexity index is 344. The number of hydrogen-bond donors (Lipinski definition) is 1. The first-order chi connectivity index (χ1) is 6.44. The third kappa shape index (κ3) is 2.42. The van der Waals surface area contributed by atoms with Crippen LogP contribution in [-0.2, 0) is 0 Å². The molecule has 1 rings (SSSR count). The molecule has 0 amide bonds. The van der Waals surface area contributed by atoms with Crippen LogP contribution in [0.15, 0.2) is 24.8 Å². The summed E-state index contributed by atoms with van der Waals surface area (Å²) in [6.45, 7) is 3.30. The van der Waals surface area contributed by atoms with Crippen molar-refractivity contribution >= 4 is 6.08 Å². The van der Waals surface area contributed by atoms with Crippen LogP contribution in [0.25, 0.3) is 6.08 Å². The van der Waals surface area contributed by atoms with Crippen molar-refractivity contribution in [1.82, 2.24) is 0 Å². The Balaban J connectivity index is 3.11. The van der Waals surface area contributed by atoms with E-state index < -0.39 is 17.9 Å². The molecule has 1 N–H and O–H groups in total. The highest BCUT2D eigenvalue weighted by atomic mass is 19.4. The van der Waals surface area contributed by atoms with Gasteiger partial charge in [0, 0.05) is 5.56 Å². The quantitative estimate of drug-likeness (QED) is 0.802. The molecule has 0 aliphatic heterocycles. The molecule has 5 heteroatoms. The summed E-state index contributed by atoms with van der Waals surface area (Å²) in [4.78, 5) is 0. The van der Waals surface area contributed by atoms with Crippen LogP contribution in [0.2, 0.25) is 0 Å². The molecule has 0 fully saturated rings. The van der Waals surface area contributed by atoms with Crippen molar-refractivity contribution in [2.45, 2.75) is 6.36 Å². The third-order valence-corrected chi connectivity index (χ3v) is 1.46. The van der Waals surface area contributed by atoms with Crippen molar-refractivity contribution in [2.75, 3.05) is 0 Å². The summed E-state index contributed by atoms with van der Waals surface area (Å²) in [5, 5.41) is 9.11. The van der Waals surface area contributed by atoms with E-state index in [0.717, 1.165) is 6.07 Å². The van der Waals surface area contributed by atoms with Gasteiger partial charge in [-0.1, -0.05) is 24.8 Å². The first kappa shape index (κ1) is 10.4. The summed E-state index contributed by atoms with van der Waals surface area (Å²) in [6.07, 6.45) is -3.66. The number of rotatable bonds is 2. The van der Waals surface area contributed by atoms with Crippen LogP contribution in [0.3, 0.4) is 0 Å². The highest BCUT2D eigenvalue weighted by Crippen LogP contribution is 2.34. The SMILES string of the molecule is C=Cc1cccc(O)c1OC(F)(F)F. The van der Waals surface area contributed by atoms with E-state index in [-0.39, 0.29) is 5.56 Å². The summed E-state index contributed by atoms with van der Waals surface area (Å²) in [5.41, 5.74) is 0.0855. The fraction of sp³-hybridized carbons (Fsp3) is 0.111. The number of alkyl halides is 3. The third-order valence-electron chi connectivity index (χ3n) is 1.46. The van der Waals surface area contributed by atoms with E-state index in [4.69, 9.17) is 5.11 Å². The molecule has 1 aromatic carbocycles. The zero-order chi connectivity index (χ0) is 10.8. The number of aromatic hydroxyl groups is 1. The lowest BCUT2D eigenvalue weighted by atomic mass is 10.2. The van der Waals surface area contributed by atoms with Gasteiger partial charge in [0.1, 0.15) is 0 Å². The second-order valence-electron chi connectivity index (χ2n) is 2.45. The van der Waals surface area contributed by atoms with Crippen molar-refractivity contribution in [3.8, 4) is 11.5 Å². The van der Waals surface area contributed by atoms with Crippen molar-refractivity contribution in [1.29, 1.82) is 0 Å². The zero-order valence-electron chi connectivity index (χ0n) is 7.01. The maximum Gasteiger partial charge on any atom is 0.573 e. The summed E-state index contributed by atoms with van der Waals surface area (Å²) in [5.74, 6) is -1.20. The van der Waals surface area contributed by atoms with Crippen LogP contribution >= 0.6 is 0 Å². The number of phenolic OH excluding ortho intramolecular Hbond substituents is 1. The Labute approximate surface area is 78.2 Å². The average molecular weight is 204 g/mol. The predicted molar refractivity (Wildman–Crippen MR) is 44.9 cm³/mol. The number of para-hydroxylation sites is 1. The predicted octanol–water partition coefficient (Wildman–Crippen LogP) is 2.93. The van der Waals surface area contributed by atoms with Crippen molar-refractivity contribution in [3.05, 3.63) is 30.3 Å². The summed E-state index contributed by atoms with van der Waals surface area (Å²) >= 11 is 0. The molecular formula is C9H7F3O2. The smallest absolute Gasteiger partial charge is 0.504 e. The molecule has 2 nitrogen and oxygen atoms in total. The minimum absolute atomic E-state index is 0.0855. The molecule has 0 aliphatic carbocycles. The van der Waals surface area contributed by atoms with E-state index in [9.17, 15) is 13.2 Å². The van der Waals surface area contributed by atoms with E-state index in [1.165, 1.54) is 18.2 Å². The van der Waals surface area contributed by atoms with Gasteiger partial charge >= 0.3 is 6.36 Å². The molecule has 14 heavy (non-hydrogen) atoms. The second kappa shape index (κ2) is 3.61. The van der Waals surface area contributed by atoms with Gasteiger partial charge in [-0.25, -0.2) is 0 Å². The monoisotopic (exact) mass is 204 g/mol. The molecule has 0 saturated carbocycles. The lowest BCUT2D eigenvalue weighted by molar-refractivity contribution is -0.275. The average Bonchev–Trinajstić information content (AvgIpc) is 2.06. The molecule has 0 unspecified atom stereocenters.